The van der Waals surface area contributed by atoms with Crippen LogP contribution in [0.1, 0.15) is 29.8 Å². The fourth-order valence-corrected chi connectivity index (χ4v) is 2.24. The summed E-state index contributed by atoms with van der Waals surface area (Å²) in [5, 5.41) is 13.3. The zero-order valence-electron chi connectivity index (χ0n) is 15.2. The van der Waals surface area contributed by atoms with E-state index < -0.39 is 23.4 Å². The second kappa shape index (κ2) is 8.79. The van der Waals surface area contributed by atoms with Crippen LogP contribution in [-0.4, -0.2) is 29.5 Å². The van der Waals surface area contributed by atoms with Crippen LogP contribution in [0.2, 0.25) is 0 Å². The minimum Gasteiger partial charge on any atom is -0.491 e. The molecule has 0 heterocycles. The number of esters is 1. The number of non-ortho nitro benzene ring substituents is 1. The second-order valence-corrected chi connectivity index (χ2v) is 6.07. The van der Waals surface area contributed by atoms with Gasteiger partial charge in [-0.15, -0.1) is 0 Å². The number of amides is 1. The van der Waals surface area contributed by atoms with Gasteiger partial charge in [0.1, 0.15) is 5.75 Å². The number of ether oxygens (including phenoxy) is 2. The maximum absolute atomic E-state index is 12.0. The fourth-order valence-electron chi connectivity index (χ4n) is 2.24. The molecular weight excluding hydrogens is 352 g/mol. The zero-order chi connectivity index (χ0) is 20.0. The number of nitro groups is 1. The van der Waals surface area contributed by atoms with Crippen molar-refractivity contribution in [2.24, 2.45) is 0 Å². The van der Waals surface area contributed by atoms with Gasteiger partial charge in [-0.1, -0.05) is 0 Å². The van der Waals surface area contributed by atoms with Crippen molar-refractivity contribution in [3.63, 3.8) is 0 Å². The number of rotatable bonds is 7. The van der Waals surface area contributed by atoms with Crippen LogP contribution in [0.25, 0.3) is 0 Å². The molecule has 0 aliphatic rings. The lowest BCUT2D eigenvalue weighted by Crippen LogP contribution is -2.21. The molecule has 0 aliphatic carbocycles. The molecule has 2 rings (SSSR count). The molecule has 2 aromatic carbocycles. The van der Waals surface area contributed by atoms with Crippen LogP contribution < -0.4 is 10.1 Å². The van der Waals surface area contributed by atoms with Crippen molar-refractivity contribution in [3.05, 3.63) is 63.7 Å². The SMILES string of the molecule is Cc1cc([N+](=O)[O-])ccc1NC(=O)COC(=O)c1ccc(OC(C)C)cc1. The number of hydrogen-bond acceptors (Lipinski definition) is 6. The molecule has 0 spiro atoms. The van der Waals surface area contributed by atoms with Gasteiger partial charge in [0.15, 0.2) is 6.61 Å². The fraction of sp³-hybridized carbons (Fsp3) is 0.263. The molecular formula is C19H20N2O6. The molecule has 8 heteroatoms. The minimum absolute atomic E-state index is 0.0226. The van der Waals surface area contributed by atoms with Crippen LogP contribution in [0.15, 0.2) is 42.5 Å². The Morgan fingerprint density at radius 3 is 2.37 bits per heavy atom. The molecule has 0 saturated heterocycles. The van der Waals surface area contributed by atoms with Crippen molar-refractivity contribution >= 4 is 23.3 Å². The van der Waals surface area contributed by atoms with E-state index in [2.05, 4.69) is 5.32 Å². The lowest BCUT2D eigenvalue weighted by Gasteiger charge is -2.10. The highest BCUT2D eigenvalue weighted by atomic mass is 16.6. The predicted molar refractivity (Wildman–Crippen MR) is 99.0 cm³/mol. The summed E-state index contributed by atoms with van der Waals surface area (Å²) in [6.07, 6.45) is 0.0226. The van der Waals surface area contributed by atoms with Crippen LogP contribution in [0.5, 0.6) is 5.75 Å². The summed E-state index contributed by atoms with van der Waals surface area (Å²) in [5.41, 5.74) is 1.17. The van der Waals surface area contributed by atoms with E-state index in [9.17, 15) is 19.7 Å². The number of nitrogens with one attached hydrogen (secondary N) is 1. The van der Waals surface area contributed by atoms with Gasteiger partial charge in [-0.25, -0.2) is 4.79 Å². The van der Waals surface area contributed by atoms with E-state index in [1.165, 1.54) is 18.2 Å². The lowest BCUT2D eigenvalue weighted by atomic mass is 10.2. The first kappa shape index (κ1) is 19.9. The molecule has 0 atom stereocenters. The van der Waals surface area contributed by atoms with Crippen molar-refractivity contribution < 1.29 is 24.0 Å². The Bertz CT molecular complexity index is 846. The Balaban J connectivity index is 1.89. The van der Waals surface area contributed by atoms with Crippen LogP contribution in [0.3, 0.4) is 0 Å². The van der Waals surface area contributed by atoms with Crippen molar-refractivity contribution in [1.29, 1.82) is 0 Å². The summed E-state index contributed by atoms with van der Waals surface area (Å²) < 4.78 is 10.5. The molecule has 0 aromatic heterocycles. The van der Waals surface area contributed by atoms with E-state index >= 15 is 0 Å². The van der Waals surface area contributed by atoms with Gasteiger partial charge < -0.3 is 14.8 Å². The summed E-state index contributed by atoms with van der Waals surface area (Å²) in [5.74, 6) is -0.547. The summed E-state index contributed by atoms with van der Waals surface area (Å²) >= 11 is 0. The molecule has 0 fully saturated rings. The van der Waals surface area contributed by atoms with Crippen molar-refractivity contribution in [2.45, 2.75) is 26.9 Å². The Labute approximate surface area is 156 Å². The highest BCUT2D eigenvalue weighted by Gasteiger charge is 2.13. The summed E-state index contributed by atoms with van der Waals surface area (Å²) in [4.78, 5) is 34.2. The van der Waals surface area contributed by atoms with Gasteiger partial charge in [-0.05, 0) is 56.7 Å². The number of carbonyl (C=O) groups excluding carboxylic acids is 2. The first-order valence-corrected chi connectivity index (χ1v) is 8.25. The number of anilines is 1. The number of benzene rings is 2. The molecule has 0 aliphatic heterocycles. The van der Waals surface area contributed by atoms with E-state index in [0.717, 1.165) is 0 Å². The van der Waals surface area contributed by atoms with E-state index in [0.29, 0.717) is 22.6 Å². The monoisotopic (exact) mass is 372 g/mol. The average Bonchev–Trinajstić information content (AvgIpc) is 2.61. The van der Waals surface area contributed by atoms with Crippen LogP contribution in [0, 0.1) is 17.0 Å². The maximum Gasteiger partial charge on any atom is 0.338 e. The number of aryl methyl sites for hydroxylation is 1. The Morgan fingerprint density at radius 2 is 1.81 bits per heavy atom. The summed E-state index contributed by atoms with van der Waals surface area (Å²) in [7, 11) is 0. The topological polar surface area (TPSA) is 108 Å². The third kappa shape index (κ3) is 5.81. The van der Waals surface area contributed by atoms with Crippen LogP contribution in [0.4, 0.5) is 11.4 Å². The maximum atomic E-state index is 12.0. The zero-order valence-corrected chi connectivity index (χ0v) is 15.2. The van der Waals surface area contributed by atoms with E-state index in [4.69, 9.17) is 9.47 Å². The summed E-state index contributed by atoms with van der Waals surface area (Å²) in [6, 6.07) is 10.5. The van der Waals surface area contributed by atoms with Crippen molar-refractivity contribution in [3.8, 4) is 5.75 Å². The number of hydrogen-bond donors (Lipinski definition) is 1. The third-order valence-corrected chi connectivity index (χ3v) is 3.49. The molecule has 0 bridgehead atoms. The molecule has 2 aromatic rings. The molecule has 1 N–H and O–H groups in total. The van der Waals surface area contributed by atoms with Gasteiger partial charge in [-0.2, -0.15) is 0 Å². The second-order valence-electron chi connectivity index (χ2n) is 6.07. The Kier molecular flexibility index (Phi) is 6.48. The standard InChI is InChI=1S/C19H20N2O6/c1-12(2)27-16-7-4-14(5-8-16)19(23)26-11-18(22)20-17-9-6-15(21(24)25)10-13(17)3/h4-10,12H,11H2,1-3H3,(H,20,22). The van der Waals surface area contributed by atoms with Gasteiger partial charge in [0.05, 0.1) is 16.6 Å². The largest absolute Gasteiger partial charge is 0.491 e. The van der Waals surface area contributed by atoms with E-state index in [1.807, 2.05) is 13.8 Å². The molecule has 0 saturated carbocycles. The number of carbonyl (C=O) groups is 2. The Morgan fingerprint density at radius 1 is 1.15 bits per heavy atom. The Hall–Kier alpha value is -3.42. The quantitative estimate of drug-likeness (QED) is 0.453. The van der Waals surface area contributed by atoms with Gasteiger partial charge in [0.25, 0.3) is 11.6 Å². The minimum atomic E-state index is -0.637. The van der Waals surface area contributed by atoms with E-state index in [-0.39, 0.29) is 11.8 Å². The first-order chi connectivity index (χ1) is 12.8. The van der Waals surface area contributed by atoms with Crippen LogP contribution >= 0.6 is 0 Å². The van der Waals surface area contributed by atoms with Gasteiger partial charge in [0.2, 0.25) is 0 Å². The highest BCUT2D eigenvalue weighted by Crippen LogP contribution is 2.21. The van der Waals surface area contributed by atoms with E-state index in [1.54, 1.807) is 31.2 Å². The van der Waals surface area contributed by atoms with Gasteiger partial charge in [-0.3, -0.25) is 14.9 Å². The van der Waals surface area contributed by atoms with Gasteiger partial charge in [0, 0.05) is 17.8 Å². The summed E-state index contributed by atoms with van der Waals surface area (Å²) in [6.45, 7) is 4.95. The molecule has 1 amide bonds. The predicted octanol–water partition coefficient (Wildman–Crippen LogP) is 3.49. The third-order valence-electron chi connectivity index (χ3n) is 3.49. The molecule has 27 heavy (non-hydrogen) atoms. The molecule has 0 unspecified atom stereocenters. The number of nitro benzene ring substituents is 1. The average molecular weight is 372 g/mol. The van der Waals surface area contributed by atoms with Crippen molar-refractivity contribution in [2.75, 3.05) is 11.9 Å². The smallest absolute Gasteiger partial charge is 0.338 e. The van der Waals surface area contributed by atoms with Crippen molar-refractivity contribution in [1.82, 2.24) is 0 Å². The van der Waals surface area contributed by atoms with Gasteiger partial charge >= 0.3 is 5.97 Å². The molecule has 142 valence electrons. The molecule has 0 radical (unpaired) electrons. The number of nitrogens with zero attached hydrogens (tertiary/aromatic N) is 1. The normalized spacial score (nSPS) is 10.4. The highest BCUT2D eigenvalue weighted by molar-refractivity contribution is 5.96. The first-order valence-electron chi connectivity index (χ1n) is 8.25. The lowest BCUT2D eigenvalue weighted by molar-refractivity contribution is -0.384. The molecule has 8 nitrogen and oxygen atoms in total. The van der Waals surface area contributed by atoms with Crippen LogP contribution in [-0.2, 0) is 9.53 Å².